The van der Waals surface area contributed by atoms with Crippen LogP contribution in [0.2, 0.25) is 0 Å². The molecular weight excluding hydrogens is 213 g/mol. The van der Waals surface area contributed by atoms with E-state index in [9.17, 15) is 18.0 Å². The highest BCUT2D eigenvalue weighted by molar-refractivity contribution is 5.74. The van der Waals surface area contributed by atoms with Crippen molar-refractivity contribution in [3.63, 3.8) is 0 Å². The van der Waals surface area contributed by atoms with Gasteiger partial charge >= 0.3 is 12.1 Å². The summed E-state index contributed by atoms with van der Waals surface area (Å²) in [5.74, 6) is -0.609. The summed E-state index contributed by atoms with van der Waals surface area (Å²) >= 11 is 0. The molecule has 0 amide bonds. The molecule has 0 spiro atoms. The van der Waals surface area contributed by atoms with E-state index in [1.165, 1.54) is 0 Å². The molecule has 0 heterocycles. The molecule has 0 aliphatic carbocycles. The first-order valence-corrected chi connectivity index (χ1v) is 4.75. The van der Waals surface area contributed by atoms with Crippen molar-refractivity contribution in [2.75, 3.05) is 13.2 Å². The Labute approximate surface area is 86.5 Å². The number of hydrogen-bond donors (Lipinski definition) is 0. The van der Waals surface area contributed by atoms with E-state index in [2.05, 4.69) is 4.74 Å². The monoisotopic (exact) mass is 228 g/mol. The van der Waals surface area contributed by atoms with Crippen LogP contribution in [0, 0.1) is 0 Å². The molecule has 15 heavy (non-hydrogen) atoms. The van der Waals surface area contributed by atoms with E-state index in [1.807, 2.05) is 0 Å². The van der Waals surface area contributed by atoms with Gasteiger partial charge < -0.3 is 9.47 Å². The fraction of sp³-hybridized carbons (Fsp3) is 0.889. The van der Waals surface area contributed by atoms with Gasteiger partial charge in [0.25, 0.3) is 0 Å². The summed E-state index contributed by atoms with van der Waals surface area (Å²) in [6, 6.07) is 0. The number of carbonyl (C=O) groups excluding carboxylic acids is 1. The molecule has 1 atom stereocenters. The van der Waals surface area contributed by atoms with Gasteiger partial charge in [-0.25, -0.2) is 4.79 Å². The highest BCUT2D eigenvalue weighted by atomic mass is 19.4. The van der Waals surface area contributed by atoms with Gasteiger partial charge in [0.05, 0.1) is 19.6 Å². The minimum absolute atomic E-state index is 0.192. The lowest BCUT2D eigenvalue weighted by Crippen LogP contribution is -2.27. The van der Waals surface area contributed by atoms with E-state index in [1.54, 1.807) is 13.8 Å². The van der Waals surface area contributed by atoms with E-state index in [0.717, 1.165) is 0 Å². The third-order valence-electron chi connectivity index (χ3n) is 1.62. The lowest BCUT2D eigenvalue weighted by Gasteiger charge is -2.15. The zero-order valence-electron chi connectivity index (χ0n) is 8.76. The van der Waals surface area contributed by atoms with Crippen molar-refractivity contribution < 1.29 is 27.4 Å². The van der Waals surface area contributed by atoms with Crippen molar-refractivity contribution in [2.45, 2.75) is 39.0 Å². The zero-order valence-corrected chi connectivity index (χ0v) is 8.76. The van der Waals surface area contributed by atoms with Crippen LogP contribution in [0.25, 0.3) is 0 Å². The topological polar surface area (TPSA) is 35.5 Å². The Morgan fingerprint density at radius 2 is 1.93 bits per heavy atom. The van der Waals surface area contributed by atoms with Crippen LogP contribution in [0.5, 0.6) is 0 Å². The van der Waals surface area contributed by atoms with Crippen LogP contribution < -0.4 is 0 Å². The van der Waals surface area contributed by atoms with Gasteiger partial charge in [-0.3, -0.25) is 0 Å². The summed E-state index contributed by atoms with van der Waals surface area (Å²) in [7, 11) is 0. The molecule has 0 aliphatic heterocycles. The number of halogens is 3. The standard InChI is InChI=1S/C9H15F3O3/c1-3-7(8(13)14-4-2)15-6-5-9(10,11)12/h7H,3-6H2,1-2H3. The van der Waals surface area contributed by atoms with Gasteiger partial charge in [-0.1, -0.05) is 6.92 Å². The van der Waals surface area contributed by atoms with E-state index in [0.29, 0.717) is 6.42 Å². The van der Waals surface area contributed by atoms with Gasteiger partial charge in [0.15, 0.2) is 6.10 Å². The summed E-state index contributed by atoms with van der Waals surface area (Å²) in [6.45, 7) is 2.95. The highest BCUT2D eigenvalue weighted by Gasteiger charge is 2.28. The van der Waals surface area contributed by atoms with Crippen LogP contribution in [0.4, 0.5) is 13.2 Å². The maximum absolute atomic E-state index is 11.8. The van der Waals surface area contributed by atoms with E-state index < -0.39 is 31.3 Å². The van der Waals surface area contributed by atoms with Crippen molar-refractivity contribution in [3.8, 4) is 0 Å². The van der Waals surface area contributed by atoms with Gasteiger partial charge in [-0.2, -0.15) is 13.2 Å². The normalized spacial score (nSPS) is 13.7. The Balaban J connectivity index is 3.85. The molecule has 3 nitrogen and oxygen atoms in total. The van der Waals surface area contributed by atoms with Gasteiger partial charge in [0, 0.05) is 0 Å². The zero-order chi connectivity index (χ0) is 11.9. The van der Waals surface area contributed by atoms with Crippen LogP contribution in [0.1, 0.15) is 26.7 Å². The molecule has 6 heteroatoms. The van der Waals surface area contributed by atoms with Crippen LogP contribution in [-0.2, 0) is 14.3 Å². The maximum Gasteiger partial charge on any atom is 0.391 e. The second-order valence-electron chi connectivity index (χ2n) is 2.88. The largest absolute Gasteiger partial charge is 0.464 e. The average molecular weight is 228 g/mol. The first kappa shape index (κ1) is 14.2. The third kappa shape index (κ3) is 7.18. The average Bonchev–Trinajstić information content (AvgIpc) is 2.11. The summed E-state index contributed by atoms with van der Waals surface area (Å²) in [5, 5.41) is 0. The molecule has 0 fully saturated rings. The number of hydrogen-bond acceptors (Lipinski definition) is 3. The molecular formula is C9H15F3O3. The molecule has 0 rings (SSSR count). The predicted molar refractivity (Wildman–Crippen MR) is 47.3 cm³/mol. The Morgan fingerprint density at radius 1 is 1.33 bits per heavy atom. The van der Waals surface area contributed by atoms with Crippen molar-refractivity contribution in [2.24, 2.45) is 0 Å². The lowest BCUT2D eigenvalue weighted by atomic mass is 10.3. The number of alkyl halides is 3. The molecule has 0 radical (unpaired) electrons. The summed E-state index contributed by atoms with van der Waals surface area (Å²) in [6.07, 6.45) is -5.90. The molecule has 0 saturated heterocycles. The predicted octanol–water partition coefficient (Wildman–Crippen LogP) is 2.30. The number of rotatable bonds is 6. The first-order valence-electron chi connectivity index (χ1n) is 4.75. The Bertz CT molecular complexity index is 192. The van der Waals surface area contributed by atoms with Crippen molar-refractivity contribution >= 4 is 5.97 Å². The number of carbonyl (C=O) groups is 1. The molecule has 0 aliphatic rings. The minimum Gasteiger partial charge on any atom is -0.464 e. The number of ether oxygens (including phenoxy) is 2. The second-order valence-corrected chi connectivity index (χ2v) is 2.88. The van der Waals surface area contributed by atoms with E-state index in [-0.39, 0.29) is 6.61 Å². The Hall–Kier alpha value is -0.780. The van der Waals surface area contributed by atoms with E-state index in [4.69, 9.17) is 4.74 Å². The maximum atomic E-state index is 11.8. The van der Waals surface area contributed by atoms with Gasteiger partial charge in [-0.15, -0.1) is 0 Å². The number of esters is 1. The van der Waals surface area contributed by atoms with Crippen LogP contribution in [0.15, 0.2) is 0 Å². The Morgan fingerprint density at radius 3 is 2.33 bits per heavy atom. The molecule has 0 N–H and O–H groups in total. The van der Waals surface area contributed by atoms with Gasteiger partial charge in [-0.05, 0) is 13.3 Å². The first-order chi connectivity index (χ1) is 6.90. The van der Waals surface area contributed by atoms with Crippen molar-refractivity contribution in [1.82, 2.24) is 0 Å². The van der Waals surface area contributed by atoms with Crippen molar-refractivity contribution in [1.29, 1.82) is 0 Å². The SMILES string of the molecule is CCOC(=O)C(CC)OCCC(F)(F)F. The molecule has 90 valence electrons. The smallest absolute Gasteiger partial charge is 0.391 e. The summed E-state index contributed by atoms with van der Waals surface area (Å²) < 4.78 is 44.7. The minimum atomic E-state index is -4.26. The van der Waals surface area contributed by atoms with Crippen LogP contribution in [0.3, 0.4) is 0 Å². The van der Waals surface area contributed by atoms with Gasteiger partial charge in [0.2, 0.25) is 0 Å². The van der Waals surface area contributed by atoms with Crippen molar-refractivity contribution in [3.05, 3.63) is 0 Å². The highest BCUT2D eigenvalue weighted by Crippen LogP contribution is 2.19. The third-order valence-corrected chi connectivity index (χ3v) is 1.62. The molecule has 0 aromatic carbocycles. The fourth-order valence-corrected chi connectivity index (χ4v) is 0.905. The van der Waals surface area contributed by atoms with Gasteiger partial charge in [0.1, 0.15) is 0 Å². The van der Waals surface area contributed by atoms with E-state index >= 15 is 0 Å². The fourth-order valence-electron chi connectivity index (χ4n) is 0.905. The quantitative estimate of drug-likeness (QED) is 0.654. The molecule has 0 saturated carbocycles. The molecule has 0 bridgehead atoms. The molecule has 0 aromatic rings. The molecule has 0 aromatic heterocycles. The van der Waals surface area contributed by atoms with Crippen LogP contribution >= 0.6 is 0 Å². The molecule has 1 unspecified atom stereocenters. The summed E-state index contributed by atoms with van der Waals surface area (Å²) in [5.41, 5.74) is 0. The summed E-state index contributed by atoms with van der Waals surface area (Å²) in [4.78, 5) is 11.1. The Kier molecular flexibility index (Phi) is 6.31. The lowest BCUT2D eigenvalue weighted by molar-refractivity contribution is -0.167. The van der Waals surface area contributed by atoms with Crippen LogP contribution in [-0.4, -0.2) is 31.5 Å². The second kappa shape index (κ2) is 6.66.